The normalized spacial score (nSPS) is 10.8. The van der Waals surface area contributed by atoms with Crippen LogP contribution < -0.4 is 4.74 Å². The number of hydrogen-bond donors (Lipinski definition) is 0. The molecule has 122 valence electrons. The van der Waals surface area contributed by atoms with E-state index in [1.807, 2.05) is 78.9 Å². The van der Waals surface area contributed by atoms with Gasteiger partial charge in [0.05, 0.1) is 7.11 Å². The molecule has 0 N–H and O–H groups in total. The minimum atomic E-state index is 0.0517. The van der Waals surface area contributed by atoms with E-state index in [9.17, 15) is 4.79 Å². The standard InChI is InChI=1S/C22H16O2S/c1-24-17-12-13-18-19(14-17)25-22(16-10-6-3-7-11-16)20(18)21(23)15-8-4-2-5-9-15/h2-14H,1H3. The smallest absolute Gasteiger partial charge is 0.195 e. The number of rotatable bonds is 4. The van der Waals surface area contributed by atoms with Crippen LogP contribution in [0.1, 0.15) is 15.9 Å². The molecule has 0 amide bonds. The second kappa shape index (κ2) is 6.54. The summed E-state index contributed by atoms with van der Waals surface area (Å²) in [5, 5.41) is 0.971. The van der Waals surface area contributed by atoms with Gasteiger partial charge in [-0.25, -0.2) is 0 Å². The lowest BCUT2D eigenvalue weighted by molar-refractivity contribution is 0.104. The number of benzene rings is 3. The lowest BCUT2D eigenvalue weighted by Gasteiger charge is -2.05. The monoisotopic (exact) mass is 344 g/mol. The molecule has 25 heavy (non-hydrogen) atoms. The van der Waals surface area contributed by atoms with Crippen LogP contribution in [0.2, 0.25) is 0 Å². The minimum Gasteiger partial charge on any atom is -0.497 e. The molecule has 0 radical (unpaired) electrons. The molecule has 0 fully saturated rings. The van der Waals surface area contributed by atoms with Crippen LogP contribution in [-0.4, -0.2) is 12.9 Å². The summed E-state index contributed by atoms with van der Waals surface area (Å²) in [6.07, 6.45) is 0. The van der Waals surface area contributed by atoms with Crippen LogP contribution in [0.4, 0.5) is 0 Å². The first kappa shape index (κ1) is 15.6. The van der Waals surface area contributed by atoms with Gasteiger partial charge in [-0.2, -0.15) is 0 Å². The third-order valence-electron chi connectivity index (χ3n) is 4.20. The fourth-order valence-corrected chi connectivity index (χ4v) is 4.19. The maximum Gasteiger partial charge on any atom is 0.195 e. The molecule has 1 aromatic heterocycles. The highest BCUT2D eigenvalue weighted by Crippen LogP contribution is 2.41. The Kier molecular flexibility index (Phi) is 4.08. The molecule has 2 nitrogen and oxygen atoms in total. The Morgan fingerprint density at radius 3 is 2.24 bits per heavy atom. The zero-order valence-corrected chi connectivity index (χ0v) is 14.5. The van der Waals surface area contributed by atoms with E-state index < -0.39 is 0 Å². The predicted molar refractivity (Wildman–Crippen MR) is 104 cm³/mol. The van der Waals surface area contributed by atoms with E-state index in [0.29, 0.717) is 5.56 Å². The van der Waals surface area contributed by atoms with Gasteiger partial charge in [0.2, 0.25) is 0 Å². The van der Waals surface area contributed by atoms with Gasteiger partial charge >= 0.3 is 0 Å². The van der Waals surface area contributed by atoms with Crippen LogP contribution in [0.15, 0.2) is 78.9 Å². The number of hydrogen-bond acceptors (Lipinski definition) is 3. The molecule has 0 aliphatic rings. The van der Waals surface area contributed by atoms with Crippen molar-refractivity contribution in [3.05, 3.63) is 90.0 Å². The Bertz CT molecular complexity index is 1030. The number of ketones is 1. The molecule has 0 aliphatic heterocycles. The molecule has 0 saturated heterocycles. The Morgan fingerprint density at radius 1 is 0.880 bits per heavy atom. The van der Waals surface area contributed by atoms with Gasteiger partial charge in [-0.15, -0.1) is 11.3 Å². The second-order valence-corrected chi connectivity index (χ2v) is 6.78. The van der Waals surface area contributed by atoms with Gasteiger partial charge in [-0.3, -0.25) is 4.79 Å². The van der Waals surface area contributed by atoms with Gasteiger partial charge in [0.1, 0.15) is 5.75 Å². The molecule has 4 rings (SSSR count). The van der Waals surface area contributed by atoms with Crippen molar-refractivity contribution < 1.29 is 9.53 Å². The van der Waals surface area contributed by atoms with E-state index in [-0.39, 0.29) is 5.78 Å². The largest absolute Gasteiger partial charge is 0.497 e. The SMILES string of the molecule is COc1ccc2c(C(=O)c3ccccc3)c(-c3ccccc3)sc2c1. The average Bonchev–Trinajstić information content (AvgIpc) is 3.07. The van der Waals surface area contributed by atoms with Gasteiger partial charge in [0, 0.05) is 26.1 Å². The van der Waals surface area contributed by atoms with Crippen LogP contribution in [0, 0.1) is 0 Å². The van der Waals surface area contributed by atoms with Gasteiger partial charge in [0.15, 0.2) is 5.78 Å². The first-order chi connectivity index (χ1) is 12.3. The number of thiophene rings is 1. The van der Waals surface area contributed by atoms with Gasteiger partial charge in [-0.05, 0) is 23.8 Å². The lowest BCUT2D eigenvalue weighted by Crippen LogP contribution is -2.01. The topological polar surface area (TPSA) is 26.3 Å². The van der Waals surface area contributed by atoms with Crippen molar-refractivity contribution in [2.24, 2.45) is 0 Å². The summed E-state index contributed by atoms with van der Waals surface area (Å²) in [7, 11) is 1.66. The Morgan fingerprint density at radius 2 is 1.56 bits per heavy atom. The molecular weight excluding hydrogens is 328 g/mol. The summed E-state index contributed by atoms with van der Waals surface area (Å²) < 4.78 is 6.40. The highest BCUT2D eigenvalue weighted by molar-refractivity contribution is 7.22. The molecule has 0 bridgehead atoms. The van der Waals surface area contributed by atoms with Crippen molar-refractivity contribution in [3.63, 3.8) is 0 Å². The molecule has 3 aromatic carbocycles. The number of carbonyl (C=O) groups excluding carboxylic acids is 1. The molecule has 0 saturated carbocycles. The minimum absolute atomic E-state index is 0.0517. The van der Waals surface area contributed by atoms with E-state index in [1.165, 1.54) is 0 Å². The summed E-state index contributed by atoms with van der Waals surface area (Å²) in [5.41, 5.74) is 2.53. The molecule has 0 spiro atoms. The molecule has 0 unspecified atom stereocenters. The van der Waals surface area contributed by atoms with E-state index in [4.69, 9.17) is 4.74 Å². The summed E-state index contributed by atoms with van der Waals surface area (Å²) in [4.78, 5) is 14.2. The first-order valence-corrected chi connectivity index (χ1v) is 8.85. The fraction of sp³-hybridized carbons (Fsp3) is 0.0455. The van der Waals surface area contributed by atoms with Crippen molar-refractivity contribution in [1.29, 1.82) is 0 Å². The van der Waals surface area contributed by atoms with Gasteiger partial charge < -0.3 is 4.74 Å². The Labute approximate surface area is 150 Å². The average molecular weight is 344 g/mol. The molecular formula is C22H16O2S. The van der Waals surface area contributed by atoms with Crippen LogP contribution in [-0.2, 0) is 0 Å². The third-order valence-corrected chi connectivity index (χ3v) is 5.40. The number of ether oxygens (including phenoxy) is 1. The van der Waals surface area contributed by atoms with Crippen molar-refractivity contribution in [2.75, 3.05) is 7.11 Å². The van der Waals surface area contributed by atoms with E-state index >= 15 is 0 Å². The number of carbonyl (C=O) groups is 1. The predicted octanol–water partition coefficient (Wildman–Crippen LogP) is 5.81. The summed E-state index contributed by atoms with van der Waals surface area (Å²) in [5.74, 6) is 0.850. The first-order valence-electron chi connectivity index (χ1n) is 8.03. The van der Waals surface area contributed by atoms with E-state index in [1.54, 1.807) is 18.4 Å². The molecule has 3 heteroatoms. The quantitative estimate of drug-likeness (QED) is 0.437. The Hall–Kier alpha value is -2.91. The van der Waals surface area contributed by atoms with Crippen LogP contribution in [0.25, 0.3) is 20.5 Å². The van der Waals surface area contributed by atoms with Gasteiger partial charge in [0.25, 0.3) is 0 Å². The van der Waals surface area contributed by atoms with Crippen molar-refractivity contribution in [3.8, 4) is 16.2 Å². The zero-order valence-electron chi connectivity index (χ0n) is 13.7. The van der Waals surface area contributed by atoms with Crippen LogP contribution in [0.5, 0.6) is 5.75 Å². The van der Waals surface area contributed by atoms with Gasteiger partial charge in [-0.1, -0.05) is 60.7 Å². The molecule has 4 aromatic rings. The van der Waals surface area contributed by atoms with Crippen molar-refractivity contribution >= 4 is 27.2 Å². The lowest BCUT2D eigenvalue weighted by atomic mass is 9.97. The summed E-state index contributed by atoms with van der Waals surface area (Å²) >= 11 is 1.63. The number of methoxy groups -OCH3 is 1. The van der Waals surface area contributed by atoms with Crippen LogP contribution in [0.3, 0.4) is 0 Å². The maximum atomic E-state index is 13.2. The Balaban J connectivity index is 1.98. The molecule has 0 atom stereocenters. The fourth-order valence-electron chi connectivity index (χ4n) is 2.96. The highest BCUT2D eigenvalue weighted by Gasteiger charge is 2.21. The third kappa shape index (κ3) is 2.83. The van der Waals surface area contributed by atoms with E-state index in [0.717, 1.165) is 31.8 Å². The summed E-state index contributed by atoms with van der Waals surface area (Å²) in [6, 6.07) is 25.4. The maximum absolute atomic E-state index is 13.2. The molecule has 1 heterocycles. The highest BCUT2D eigenvalue weighted by atomic mass is 32.1. The van der Waals surface area contributed by atoms with E-state index in [2.05, 4.69) is 0 Å². The van der Waals surface area contributed by atoms with Crippen LogP contribution >= 0.6 is 11.3 Å². The van der Waals surface area contributed by atoms with Crippen molar-refractivity contribution in [1.82, 2.24) is 0 Å². The zero-order chi connectivity index (χ0) is 17.2. The number of fused-ring (bicyclic) bond motifs is 1. The van der Waals surface area contributed by atoms with Crippen molar-refractivity contribution in [2.45, 2.75) is 0 Å². The molecule has 0 aliphatic carbocycles. The second-order valence-electron chi connectivity index (χ2n) is 5.73. The summed E-state index contributed by atoms with van der Waals surface area (Å²) in [6.45, 7) is 0.